The number of carbonyl (C=O) groups excluding carboxylic acids is 1. The first-order chi connectivity index (χ1) is 4.74. The zero-order chi connectivity index (χ0) is 7.19. The molecule has 2 fully saturated rings. The van der Waals surface area contributed by atoms with E-state index < -0.39 is 0 Å². The quantitative estimate of drug-likeness (QED) is 0.524. The lowest BCUT2D eigenvalue weighted by Gasteiger charge is -2.52. The maximum atomic E-state index is 10.6. The summed E-state index contributed by atoms with van der Waals surface area (Å²) >= 11 is 0. The summed E-state index contributed by atoms with van der Waals surface area (Å²) in [5, 5.41) is 2.90. The molecule has 1 saturated carbocycles. The van der Waals surface area contributed by atoms with Gasteiger partial charge in [0.05, 0.1) is 11.6 Å². The summed E-state index contributed by atoms with van der Waals surface area (Å²) in [6, 6.07) is 0. The Balaban J connectivity index is 1.85. The van der Waals surface area contributed by atoms with E-state index in [0.29, 0.717) is 12.5 Å². The number of β-lactam (4-membered cyclic amide) rings is 1. The molecule has 10 heavy (non-hydrogen) atoms. The molecule has 3 nitrogen and oxygen atoms in total. The molecule has 0 radical (unpaired) electrons. The fourth-order valence-corrected chi connectivity index (χ4v) is 1.81. The fraction of sp³-hybridized carbons (Fsp3) is 0.857. The summed E-state index contributed by atoms with van der Waals surface area (Å²) in [5.41, 5.74) is 0.164. The lowest BCUT2D eigenvalue weighted by Crippen LogP contribution is -2.69. The first-order valence-corrected chi connectivity index (χ1v) is 3.58. The van der Waals surface area contributed by atoms with E-state index in [1.807, 2.05) is 0 Å². The van der Waals surface area contributed by atoms with Crippen molar-refractivity contribution in [3.8, 4) is 0 Å². The van der Waals surface area contributed by atoms with Crippen LogP contribution in [0.15, 0.2) is 0 Å². The summed E-state index contributed by atoms with van der Waals surface area (Å²) in [6.45, 7) is 0. The van der Waals surface area contributed by atoms with Crippen LogP contribution in [0, 0.1) is 0 Å². The smallest absolute Gasteiger partial charge is 0.222 e. The highest BCUT2D eigenvalue weighted by Crippen LogP contribution is 2.41. The van der Waals surface area contributed by atoms with Crippen molar-refractivity contribution < 1.29 is 9.53 Å². The Morgan fingerprint density at radius 1 is 1.70 bits per heavy atom. The third-order valence-corrected chi connectivity index (χ3v) is 2.47. The van der Waals surface area contributed by atoms with Gasteiger partial charge in [-0.2, -0.15) is 0 Å². The van der Waals surface area contributed by atoms with Crippen molar-refractivity contribution in [1.82, 2.24) is 5.32 Å². The molecular formula is C7H11NO2. The molecule has 0 unspecified atom stereocenters. The standard InChI is InChI=1S/C7H11NO2/c1-10-5-2-7(3-5)4-6(9)8-7/h5H,2-4H2,1H3,(H,8,9). The minimum absolute atomic E-state index is 0.164. The topological polar surface area (TPSA) is 38.3 Å². The van der Waals surface area contributed by atoms with Crippen LogP contribution in [0.5, 0.6) is 0 Å². The van der Waals surface area contributed by atoms with Gasteiger partial charge >= 0.3 is 0 Å². The number of hydrogen-bond acceptors (Lipinski definition) is 2. The molecule has 0 atom stereocenters. The molecule has 1 saturated heterocycles. The summed E-state index contributed by atoms with van der Waals surface area (Å²) in [6.07, 6.45) is 3.12. The van der Waals surface area contributed by atoms with E-state index in [4.69, 9.17) is 4.74 Å². The first kappa shape index (κ1) is 6.16. The van der Waals surface area contributed by atoms with Crippen LogP contribution in [-0.4, -0.2) is 24.7 Å². The molecule has 0 bridgehead atoms. The van der Waals surface area contributed by atoms with Crippen LogP contribution >= 0.6 is 0 Å². The highest BCUT2D eigenvalue weighted by Gasteiger charge is 2.52. The van der Waals surface area contributed by atoms with E-state index in [9.17, 15) is 4.79 Å². The molecule has 2 rings (SSSR count). The van der Waals surface area contributed by atoms with E-state index in [-0.39, 0.29) is 11.4 Å². The Hall–Kier alpha value is -0.570. The van der Waals surface area contributed by atoms with Gasteiger partial charge in [-0.3, -0.25) is 4.79 Å². The molecule has 1 amide bonds. The molecule has 0 aromatic heterocycles. The van der Waals surface area contributed by atoms with Gasteiger partial charge in [-0.25, -0.2) is 0 Å². The van der Waals surface area contributed by atoms with E-state index in [1.54, 1.807) is 7.11 Å². The van der Waals surface area contributed by atoms with Crippen molar-refractivity contribution in [2.24, 2.45) is 0 Å². The van der Waals surface area contributed by atoms with E-state index >= 15 is 0 Å². The SMILES string of the molecule is COC1CC2(CC(=O)N2)C1. The van der Waals surface area contributed by atoms with Crippen molar-refractivity contribution in [2.45, 2.75) is 30.9 Å². The third kappa shape index (κ3) is 0.669. The summed E-state index contributed by atoms with van der Waals surface area (Å²) in [5.74, 6) is 0.189. The van der Waals surface area contributed by atoms with Crippen LogP contribution in [0.4, 0.5) is 0 Å². The maximum absolute atomic E-state index is 10.6. The van der Waals surface area contributed by atoms with Crippen molar-refractivity contribution in [1.29, 1.82) is 0 Å². The Kier molecular flexibility index (Phi) is 1.06. The zero-order valence-corrected chi connectivity index (χ0v) is 6.02. The van der Waals surface area contributed by atoms with Gasteiger partial charge in [-0.15, -0.1) is 0 Å². The molecular weight excluding hydrogens is 130 g/mol. The first-order valence-electron chi connectivity index (χ1n) is 3.58. The number of ether oxygens (including phenoxy) is 1. The molecule has 1 heterocycles. The van der Waals surface area contributed by atoms with Crippen LogP contribution in [0.2, 0.25) is 0 Å². The van der Waals surface area contributed by atoms with Crippen LogP contribution in [0.1, 0.15) is 19.3 Å². The van der Waals surface area contributed by atoms with Gasteiger partial charge in [0.15, 0.2) is 0 Å². The minimum atomic E-state index is 0.164. The highest BCUT2D eigenvalue weighted by atomic mass is 16.5. The number of carbonyl (C=O) groups is 1. The van der Waals surface area contributed by atoms with Crippen LogP contribution in [0.25, 0.3) is 0 Å². The molecule has 1 spiro atoms. The second-order valence-corrected chi connectivity index (χ2v) is 3.27. The minimum Gasteiger partial charge on any atom is -0.381 e. The molecule has 1 N–H and O–H groups in total. The predicted octanol–water partition coefficient (Wildman–Crippen LogP) is 0.0539. The van der Waals surface area contributed by atoms with Gasteiger partial charge in [0.2, 0.25) is 5.91 Å². The van der Waals surface area contributed by atoms with Crippen LogP contribution < -0.4 is 5.32 Å². The predicted molar refractivity (Wildman–Crippen MR) is 35.5 cm³/mol. The van der Waals surface area contributed by atoms with Gasteiger partial charge in [-0.05, 0) is 12.8 Å². The van der Waals surface area contributed by atoms with E-state index in [0.717, 1.165) is 12.8 Å². The van der Waals surface area contributed by atoms with Crippen molar-refractivity contribution >= 4 is 5.91 Å². The molecule has 3 heteroatoms. The molecule has 0 aromatic rings. The Morgan fingerprint density at radius 3 is 2.70 bits per heavy atom. The normalized spacial score (nSPS) is 44.1. The Morgan fingerprint density at radius 2 is 2.30 bits per heavy atom. The molecule has 1 aliphatic carbocycles. The second kappa shape index (κ2) is 1.72. The summed E-state index contributed by atoms with van der Waals surface area (Å²) in [4.78, 5) is 10.6. The lowest BCUT2D eigenvalue weighted by molar-refractivity contribution is -0.144. The highest BCUT2D eigenvalue weighted by molar-refractivity contribution is 5.85. The summed E-state index contributed by atoms with van der Waals surface area (Å²) in [7, 11) is 1.72. The van der Waals surface area contributed by atoms with Gasteiger partial charge in [0.1, 0.15) is 0 Å². The molecule has 2 aliphatic rings. The fourth-order valence-electron chi connectivity index (χ4n) is 1.81. The monoisotopic (exact) mass is 141 g/mol. The number of nitrogens with one attached hydrogen (secondary N) is 1. The average molecular weight is 141 g/mol. The van der Waals surface area contributed by atoms with Crippen molar-refractivity contribution in [3.63, 3.8) is 0 Å². The lowest BCUT2D eigenvalue weighted by atomic mass is 9.67. The number of amides is 1. The van der Waals surface area contributed by atoms with Gasteiger partial charge in [0.25, 0.3) is 0 Å². The zero-order valence-electron chi connectivity index (χ0n) is 6.02. The molecule has 56 valence electrons. The molecule has 0 aromatic carbocycles. The summed E-state index contributed by atoms with van der Waals surface area (Å²) < 4.78 is 5.10. The van der Waals surface area contributed by atoms with Crippen LogP contribution in [-0.2, 0) is 9.53 Å². The van der Waals surface area contributed by atoms with E-state index in [1.165, 1.54) is 0 Å². The van der Waals surface area contributed by atoms with Crippen molar-refractivity contribution in [3.05, 3.63) is 0 Å². The number of hydrogen-bond donors (Lipinski definition) is 1. The van der Waals surface area contributed by atoms with Crippen LogP contribution in [0.3, 0.4) is 0 Å². The van der Waals surface area contributed by atoms with Gasteiger partial charge in [-0.1, -0.05) is 0 Å². The Labute approximate surface area is 59.7 Å². The van der Waals surface area contributed by atoms with Gasteiger partial charge in [0, 0.05) is 13.5 Å². The second-order valence-electron chi connectivity index (χ2n) is 3.27. The number of methoxy groups -OCH3 is 1. The van der Waals surface area contributed by atoms with Gasteiger partial charge < -0.3 is 10.1 Å². The largest absolute Gasteiger partial charge is 0.381 e. The number of rotatable bonds is 1. The van der Waals surface area contributed by atoms with Crippen molar-refractivity contribution in [2.75, 3.05) is 7.11 Å². The Bertz CT molecular complexity index is 162. The average Bonchev–Trinajstić information content (AvgIpc) is 1.74. The third-order valence-electron chi connectivity index (χ3n) is 2.47. The van der Waals surface area contributed by atoms with E-state index in [2.05, 4.69) is 5.32 Å². The molecule has 1 aliphatic heterocycles. The maximum Gasteiger partial charge on any atom is 0.222 e.